The molecule has 0 aliphatic carbocycles. The fourth-order valence-electron chi connectivity index (χ4n) is 3.99. The first-order valence-corrected chi connectivity index (χ1v) is 10.1. The van der Waals surface area contributed by atoms with Crippen LogP contribution < -0.4 is 15.1 Å². The lowest BCUT2D eigenvalue weighted by Crippen LogP contribution is -2.38. The van der Waals surface area contributed by atoms with E-state index in [4.69, 9.17) is 4.74 Å². The highest BCUT2D eigenvalue weighted by molar-refractivity contribution is 6.05. The van der Waals surface area contributed by atoms with Gasteiger partial charge in [0.15, 0.2) is 0 Å². The third kappa shape index (κ3) is 4.12. The fraction of sp³-hybridized carbons (Fsp3) is 0.391. The Bertz CT molecular complexity index is 921. The molecular formula is C23H27N3O3. The van der Waals surface area contributed by atoms with Crippen LogP contribution in [0.15, 0.2) is 42.5 Å². The quantitative estimate of drug-likeness (QED) is 0.867. The highest BCUT2D eigenvalue weighted by Crippen LogP contribution is 2.34. The lowest BCUT2D eigenvalue weighted by atomic mass is 10.1. The van der Waals surface area contributed by atoms with Gasteiger partial charge >= 0.3 is 0 Å². The molecule has 2 aliphatic rings. The molecule has 0 saturated carbocycles. The Morgan fingerprint density at radius 1 is 1.07 bits per heavy atom. The summed E-state index contributed by atoms with van der Waals surface area (Å²) in [6.45, 7) is 7.34. The van der Waals surface area contributed by atoms with Gasteiger partial charge in [-0.2, -0.15) is 0 Å². The Morgan fingerprint density at radius 3 is 2.55 bits per heavy atom. The van der Waals surface area contributed by atoms with Crippen molar-refractivity contribution in [3.05, 3.63) is 53.6 Å². The first-order chi connectivity index (χ1) is 14.0. The number of anilines is 3. The summed E-state index contributed by atoms with van der Waals surface area (Å²) in [5, 5.41) is 3.02. The monoisotopic (exact) mass is 393 g/mol. The van der Waals surface area contributed by atoms with Crippen LogP contribution in [0.3, 0.4) is 0 Å². The molecule has 2 fully saturated rings. The Kier molecular flexibility index (Phi) is 5.53. The molecule has 152 valence electrons. The van der Waals surface area contributed by atoms with Gasteiger partial charge in [-0.25, -0.2) is 0 Å². The van der Waals surface area contributed by atoms with Crippen LogP contribution in [-0.2, 0) is 14.3 Å². The van der Waals surface area contributed by atoms with Crippen LogP contribution in [0, 0.1) is 19.8 Å². The Labute approximate surface area is 171 Å². The van der Waals surface area contributed by atoms with E-state index in [0.29, 0.717) is 19.8 Å². The van der Waals surface area contributed by atoms with Gasteiger partial charge in [0.05, 0.1) is 30.5 Å². The molecule has 2 aromatic rings. The number of nitrogens with zero attached hydrogens (tertiary/aromatic N) is 2. The molecule has 6 heteroatoms. The van der Waals surface area contributed by atoms with Crippen molar-refractivity contribution in [2.45, 2.75) is 20.3 Å². The molecule has 2 aliphatic heterocycles. The standard InChI is InChI=1S/C23H27N3O3/c1-16-7-8-17(2)19(13-16)24-23(28)18-14-22(27)26(15-18)21-6-4-3-5-20(21)25-9-11-29-12-10-25/h3-8,13,18H,9-12,14-15H2,1-2H3,(H,24,28). The van der Waals surface area contributed by atoms with E-state index >= 15 is 0 Å². The zero-order chi connectivity index (χ0) is 20.4. The molecule has 0 radical (unpaired) electrons. The zero-order valence-electron chi connectivity index (χ0n) is 17.0. The minimum Gasteiger partial charge on any atom is -0.378 e. The number of nitrogens with one attached hydrogen (secondary N) is 1. The first kappa shape index (κ1) is 19.5. The summed E-state index contributed by atoms with van der Waals surface area (Å²) in [5.74, 6) is -0.467. The Hall–Kier alpha value is -2.86. The number of carbonyl (C=O) groups is 2. The number of hydrogen-bond acceptors (Lipinski definition) is 4. The number of aryl methyl sites for hydroxylation is 2. The van der Waals surface area contributed by atoms with Crippen LogP contribution in [-0.4, -0.2) is 44.7 Å². The van der Waals surface area contributed by atoms with Crippen LogP contribution in [0.25, 0.3) is 0 Å². The molecule has 0 bridgehead atoms. The van der Waals surface area contributed by atoms with Gasteiger partial charge in [0.1, 0.15) is 0 Å². The molecule has 29 heavy (non-hydrogen) atoms. The van der Waals surface area contributed by atoms with Crippen molar-refractivity contribution in [1.29, 1.82) is 0 Å². The zero-order valence-corrected chi connectivity index (χ0v) is 17.0. The van der Waals surface area contributed by atoms with Gasteiger partial charge in [-0.05, 0) is 43.2 Å². The van der Waals surface area contributed by atoms with Gasteiger partial charge in [0.2, 0.25) is 11.8 Å². The van der Waals surface area contributed by atoms with Gasteiger partial charge in [0, 0.05) is 31.7 Å². The van der Waals surface area contributed by atoms with Crippen LogP contribution in [0.1, 0.15) is 17.5 Å². The van der Waals surface area contributed by atoms with Crippen molar-refractivity contribution in [2.75, 3.05) is 48.0 Å². The maximum absolute atomic E-state index is 12.9. The SMILES string of the molecule is Cc1ccc(C)c(NC(=O)C2CC(=O)N(c3ccccc3N3CCOCC3)C2)c1. The number of hydrogen-bond donors (Lipinski definition) is 1. The number of benzene rings is 2. The Morgan fingerprint density at radius 2 is 1.79 bits per heavy atom. The van der Waals surface area contributed by atoms with E-state index in [9.17, 15) is 9.59 Å². The van der Waals surface area contributed by atoms with E-state index in [-0.39, 0.29) is 24.2 Å². The van der Waals surface area contributed by atoms with Crippen molar-refractivity contribution in [2.24, 2.45) is 5.92 Å². The van der Waals surface area contributed by atoms with E-state index in [1.807, 2.05) is 56.3 Å². The second kappa shape index (κ2) is 8.25. The average Bonchev–Trinajstić information content (AvgIpc) is 3.13. The number of amides is 2. The van der Waals surface area contributed by atoms with Crippen molar-refractivity contribution in [3.8, 4) is 0 Å². The maximum Gasteiger partial charge on any atom is 0.229 e. The van der Waals surface area contributed by atoms with Crippen molar-refractivity contribution in [3.63, 3.8) is 0 Å². The summed E-state index contributed by atoms with van der Waals surface area (Å²) < 4.78 is 5.46. The van der Waals surface area contributed by atoms with E-state index < -0.39 is 0 Å². The highest BCUT2D eigenvalue weighted by Gasteiger charge is 2.36. The molecule has 4 rings (SSSR count). The van der Waals surface area contributed by atoms with Crippen LogP contribution in [0.4, 0.5) is 17.1 Å². The maximum atomic E-state index is 12.9. The summed E-state index contributed by atoms with van der Waals surface area (Å²) in [5.41, 5.74) is 4.83. The molecule has 0 spiro atoms. The van der Waals surface area contributed by atoms with Gasteiger partial charge < -0.3 is 19.9 Å². The van der Waals surface area contributed by atoms with Gasteiger partial charge in [-0.15, -0.1) is 0 Å². The minimum atomic E-state index is -0.361. The molecule has 1 N–H and O–H groups in total. The minimum absolute atomic E-state index is 0.00757. The van der Waals surface area contributed by atoms with Crippen LogP contribution in [0.5, 0.6) is 0 Å². The van der Waals surface area contributed by atoms with Gasteiger partial charge in [-0.1, -0.05) is 24.3 Å². The normalized spacial score (nSPS) is 19.5. The number of carbonyl (C=O) groups excluding carboxylic acids is 2. The van der Waals surface area contributed by atoms with Gasteiger partial charge in [0.25, 0.3) is 0 Å². The smallest absolute Gasteiger partial charge is 0.229 e. The largest absolute Gasteiger partial charge is 0.378 e. The van der Waals surface area contributed by atoms with E-state index in [0.717, 1.165) is 41.3 Å². The Balaban J connectivity index is 1.51. The summed E-state index contributed by atoms with van der Waals surface area (Å²) in [6, 6.07) is 13.9. The highest BCUT2D eigenvalue weighted by atomic mass is 16.5. The first-order valence-electron chi connectivity index (χ1n) is 10.1. The third-order valence-electron chi connectivity index (χ3n) is 5.67. The van der Waals surface area contributed by atoms with E-state index in [1.54, 1.807) is 4.90 Å². The second-order valence-corrected chi connectivity index (χ2v) is 7.80. The van der Waals surface area contributed by atoms with Gasteiger partial charge in [-0.3, -0.25) is 9.59 Å². The molecule has 2 aromatic carbocycles. The predicted octanol–water partition coefficient (Wildman–Crippen LogP) is 3.13. The molecule has 2 saturated heterocycles. The molecule has 0 aromatic heterocycles. The summed E-state index contributed by atoms with van der Waals surface area (Å²) in [4.78, 5) is 29.7. The van der Waals surface area contributed by atoms with Crippen molar-refractivity contribution < 1.29 is 14.3 Å². The second-order valence-electron chi connectivity index (χ2n) is 7.80. The third-order valence-corrected chi connectivity index (χ3v) is 5.67. The number of rotatable bonds is 4. The molecule has 2 heterocycles. The summed E-state index contributed by atoms with van der Waals surface area (Å²) in [7, 11) is 0. The molecule has 1 atom stereocenters. The summed E-state index contributed by atoms with van der Waals surface area (Å²) in [6.07, 6.45) is 0.230. The molecule has 2 amide bonds. The van der Waals surface area contributed by atoms with Crippen molar-refractivity contribution >= 4 is 28.9 Å². The van der Waals surface area contributed by atoms with E-state index in [1.165, 1.54) is 0 Å². The predicted molar refractivity (Wildman–Crippen MR) is 114 cm³/mol. The molecule has 1 unspecified atom stereocenters. The average molecular weight is 393 g/mol. The molecule has 6 nitrogen and oxygen atoms in total. The fourth-order valence-corrected chi connectivity index (χ4v) is 3.99. The lowest BCUT2D eigenvalue weighted by Gasteiger charge is -2.32. The number of morpholine rings is 1. The van der Waals surface area contributed by atoms with Crippen LogP contribution in [0.2, 0.25) is 0 Å². The van der Waals surface area contributed by atoms with Crippen LogP contribution >= 0.6 is 0 Å². The molecular weight excluding hydrogens is 366 g/mol. The van der Waals surface area contributed by atoms with Crippen molar-refractivity contribution in [1.82, 2.24) is 0 Å². The summed E-state index contributed by atoms with van der Waals surface area (Å²) >= 11 is 0. The number of ether oxygens (including phenoxy) is 1. The topological polar surface area (TPSA) is 61.9 Å². The lowest BCUT2D eigenvalue weighted by molar-refractivity contribution is -0.122. The van der Waals surface area contributed by atoms with E-state index in [2.05, 4.69) is 10.2 Å². The number of para-hydroxylation sites is 2.